The van der Waals surface area contributed by atoms with Gasteiger partial charge in [-0.3, -0.25) is 0 Å². The van der Waals surface area contributed by atoms with Crippen LogP contribution in [0.3, 0.4) is 0 Å². The minimum Gasteiger partial charge on any atom is -0.455 e. The third kappa shape index (κ3) is 2.74. The Bertz CT molecular complexity index is 1140. The normalized spacial score (nSPS) is 11.0. The van der Waals surface area contributed by atoms with Crippen LogP contribution in [0.1, 0.15) is 0 Å². The van der Waals surface area contributed by atoms with Crippen molar-refractivity contribution < 1.29 is 4.42 Å². The SMILES string of the molecule is c1ccc(-c2oc(-c3ccccc3)c(-c3ccccc3)c3cccc2-3)cc1. The molecule has 0 aromatic heterocycles. The van der Waals surface area contributed by atoms with Crippen LogP contribution in [0.5, 0.6) is 0 Å². The maximum absolute atomic E-state index is 6.61. The van der Waals surface area contributed by atoms with Crippen LogP contribution in [0.25, 0.3) is 44.9 Å². The average Bonchev–Trinajstić information content (AvgIpc) is 3.24. The molecule has 0 spiro atoms. The molecule has 0 amide bonds. The van der Waals surface area contributed by atoms with E-state index in [1.165, 1.54) is 5.56 Å². The summed E-state index contributed by atoms with van der Waals surface area (Å²) in [4.78, 5) is 0. The second-order valence-electron chi connectivity index (χ2n) is 6.59. The van der Waals surface area contributed by atoms with E-state index in [1.54, 1.807) is 0 Å². The van der Waals surface area contributed by atoms with Gasteiger partial charge in [0.2, 0.25) is 0 Å². The number of hydrogen-bond donors (Lipinski definition) is 0. The zero-order valence-corrected chi connectivity index (χ0v) is 14.8. The number of rotatable bonds is 3. The van der Waals surface area contributed by atoms with Crippen molar-refractivity contribution in [1.29, 1.82) is 0 Å². The average molecular weight is 346 g/mol. The molecule has 128 valence electrons. The number of fused-ring (bicyclic) bond motifs is 1. The molecule has 0 unspecified atom stereocenters. The fourth-order valence-corrected chi connectivity index (χ4v) is 3.65. The fourth-order valence-electron chi connectivity index (χ4n) is 3.65. The van der Waals surface area contributed by atoms with E-state index in [-0.39, 0.29) is 0 Å². The molecule has 3 aromatic rings. The van der Waals surface area contributed by atoms with Crippen LogP contribution in [0.4, 0.5) is 0 Å². The Kier molecular flexibility index (Phi) is 3.84. The summed E-state index contributed by atoms with van der Waals surface area (Å²) in [5.41, 5.74) is 6.82. The fraction of sp³-hybridized carbons (Fsp3) is 0. The molecule has 0 N–H and O–H groups in total. The summed E-state index contributed by atoms with van der Waals surface area (Å²) < 4.78 is 6.61. The van der Waals surface area contributed by atoms with Crippen molar-refractivity contribution in [2.24, 2.45) is 0 Å². The van der Waals surface area contributed by atoms with Crippen LogP contribution in [0, 0.1) is 0 Å². The summed E-state index contributed by atoms with van der Waals surface area (Å²) in [6.45, 7) is 0. The molecule has 1 nitrogen and oxygen atoms in total. The zero-order valence-electron chi connectivity index (χ0n) is 14.8. The highest BCUT2D eigenvalue weighted by Gasteiger charge is 2.23. The van der Waals surface area contributed by atoms with Gasteiger partial charge in [0.1, 0.15) is 11.5 Å². The standard InChI is InChI=1S/C26H18O/c1-4-11-19(12-5-1)24-22-17-10-18-23(22)25(20-13-6-2-7-14-20)27-26(24)21-15-8-3-9-16-21/h1-18H. The first-order chi connectivity index (χ1) is 13.4. The molecule has 0 atom stereocenters. The largest absolute Gasteiger partial charge is 0.455 e. The monoisotopic (exact) mass is 346 g/mol. The molecule has 0 radical (unpaired) electrons. The number of benzene rings is 3. The minimum absolute atomic E-state index is 0.902. The van der Waals surface area contributed by atoms with Crippen molar-refractivity contribution >= 4 is 0 Å². The summed E-state index contributed by atoms with van der Waals surface area (Å²) in [6, 6.07) is 37.6. The van der Waals surface area contributed by atoms with Crippen LogP contribution < -0.4 is 0 Å². The molecule has 0 saturated carbocycles. The molecule has 0 bridgehead atoms. The van der Waals surface area contributed by atoms with Crippen molar-refractivity contribution in [3.63, 3.8) is 0 Å². The Labute approximate surface area is 158 Å². The van der Waals surface area contributed by atoms with Gasteiger partial charge < -0.3 is 4.42 Å². The Balaban J connectivity index is 1.88. The van der Waals surface area contributed by atoms with Crippen LogP contribution in [0.2, 0.25) is 0 Å². The maximum Gasteiger partial charge on any atom is 0.143 e. The first-order valence-corrected chi connectivity index (χ1v) is 9.13. The quantitative estimate of drug-likeness (QED) is 0.332. The lowest BCUT2D eigenvalue weighted by Gasteiger charge is -2.18. The van der Waals surface area contributed by atoms with Crippen LogP contribution >= 0.6 is 0 Å². The summed E-state index contributed by atoms with van der Waals surface area (Å²) in [7, 11) is 0. The third-order valence-corrected chi connectivity index (χ3v) is 4.90. The van der Waals surface area contributed by atoms with Crippen molar-refractivity contribution in [1.82, 2.24) is 0 Å². The first-order valence-electron chi connectivity index (χ1n) is 9.13. The second kappa shape index (κ2) is 6.62. The highest BCUT2D eigenvalue weighted by Crippen LogP contribution is 2.46. The van der Waals surface area contributed by atoms with Crippen LogP contribution in [0.15, 0.2) is 114 Å². The van der Waals surface area contributed by atoms with E-state index in [0.29, 0.717) is 0 Å². The van der Waals surface area contributed by atoms with Crippen LogP contribution in [-0.2, 0) is 0 Å². The lowest BCUT2D eigenvalue weighted by atomic mass is 9.91. The van der Waals surface area contributed by atoms with E-state index in [9.17, 15) is 0 Å². The second-order valence-corrected chi connectivity index (χ2v) is 6.59. The molecule has 1 heteroatoms. The van der Waals surface area contributed by atoms with Gasteiger partial charge in [0, 0.05) is 22.3 Å². The van der Waals surface area contributed by atoms with Gasteiger partial charge in [-0.2, -0.15) is 0 Å². The molecule has 0 fully saturated rings. The van der Waals surface area contributed by atoms with Gasteiger partial charge in [-0.25, -0.2) is 0 Å². The van der Waals surface area contributed by atoms with E-state index in [2.05, 4.69) is 78.9 Å². The van der Waals surface area contributed by atoms with Gasteiger partial charge in [0.15, 0.2) is 0 Å². The van der Waals surface area contributed by atoms with E-state index in [1.807, 2.05) is 30.3 Å². The lowest BCUT2D eigenvalue weighted by Crippen LogP contribution is -1.93. The van der Waals surface area contributed by atoms with E-state index in [4.69, 9.17) is 4.42 Å². The topological polar surface area (TPSA) is 13.1 Å². The van der Waals surface area contributed by atoms with Gasteiger partial charge in [0.05, 0.1) is 0 Å². The Hall–Kier alpha value is -3.58. The maximum atomic E-state index is 6.61. The summed E-state index contributed by atoms with van der Waals surface area (Å²) >= 11 is 0. The van der Waals surface area contributed by atoms with Gasteiger partial charge in [0.25, 0.3) is 0 Å². The minimum atomic E-state index is 0.902. The molecule has 3 aromatic carbocycles. The highest BCUT2D eigenvalue weighted by molar-refractivity contribution is 5.97. The molecule has 1 aliphatic carbocycles. The summed E-state index contributed by atoms with van der Waals surface area (Å²) in [5, 5.41) is 0. The summed E-state index contributed by atoms with van der Waals surface area (Å²) in [5.74, 6) is 1.81. The van der Waals surface area contributed by atoms with Crippen molar-refractivity contribution in [2.45, 2.75) is 0 Å². The number of hydrogen-bond acceptors (Lipinski definition) is 1. The van der Waals surface area contributed by atoms with Crippen molar-refractivity contribution in [3.8, 4) is 44.9 Å². The Morgan fingerprint density at radius 2 is 0.852 bits per heavy atom. The molecule has 27 heavy (non-hydrogen) atoms. The van der Waals surface area contributed by atoms with E-state index >= 15 is 0 Å². The zero-order chi connectivity index (χ0) is 18.1. The first kappa shape index (κ1) is 15.7. The highest BCUT2D eigenvalue weighted by atomic mass is 16.3. The van der Waals surface area contributed by atoms with Crippen molar-refractivity contribution in [3.05, 3.63) is 109 Å². The summed E-state index contributed by atoms with van der Waals surface area (Å²) in [6.07, 6.45) is 0. The predicted molar refractivity (Wildman–Crippen MR) is 112 cm³/mol. The molecule has 2 aliphatic rings. The third-order valence-electron chi connectivity index (χ3n) is 4.90. The molecule has 1 aliphatic heterocycles. The smallest absolute Gasteiger partial charge is 0.143 e. The van der Waals surface area contributed by atoms with Gasteiger partial charge >= 0.3 is 0 Å². The van der Waals surface area contributed by atoms with Gasteiger partial charge in [-0.15, -0.1) is 0 Å². The molecular formula is C26H18O. The van der Waals surface area contributed by atoms with Gasteiger partial charge in [-0.05, 0) is 11.1 Å². The van der Waals surface area contributed by atoms with E-state index < -0.39 is 0 Å². The predicted octanol–water partition coefficient (Wildman–Crippen LogP) is 7.39. The Morgan fingerprint density at radius 3 is 1.44 bits per heavy atom. The van der Waals surface area contributed by atoms with Crippen molar-refractivity contribution in [2.75, 3.05) is 0 Å². The molecule has 1 heterocycles. The van der Waals surface area contributed by atoms with E-state index in [0.717, 1.165) is 39.3 Å². The van der Waals surface area contributed by atoms with Gasteiger partial charge in [-0.1, -0.05) is 109 Å². The molecule has 0 saturated heterocycles. The van der Waals surface area contributed by atoms with Crippen LogP contribution in [-0.4, -0.2) is 0 Å². The lowest BCUT2D eigenvalue weighted by molar-refractivity contribution is 0.585. The molecule has 5 rings (SSSR count). The molecular weight excluding hydrogens is 328 g/mol. The Morgan fingerprint density at radius 1 is 0.370 bits per heavy atom.